The Morgan fingerprint density at radius 3 is 2.60 bits per heavy atom. The zero-order valence-electron chi connectivity index (χ0n) is 14.7. The summed E-state index contributed by atoms with van der Waals surface area (Å²) in [5.41, 5.74) is 0.268. The van der Waals surface area contributed by atoms with E-state index in [1.807, 2.05) is 12.1 Å². The largest absolute Gasteiger partial charge is 0.393 e. The summed E-state index contributed by atoms with van der Waals surface area (Å²) in [6, 6.07) is 7.15. The van der Waals surface area contributed by atoms with Gasteiger partial charge < -0.3 is 14.9 Å². The number of halogens is 1. The molecule has 2 saturated heterocycles. The molecule has 25 heavy (non-hydrogen) atoms. The number of benzene rings is 1. The van der Waals surface area contributed by atoms with Crippen molar-refractivity contribution in [2.45, 2.75) is 57.1 Å². The lowest BCUT2D eigenvalue weighted by atomic mass is 9.78. The number of amides is 1. The number of carbonyl (C=O) groups is 1. The smallest absolute Gasteiger partial charge is 0.230 e. The van der Waals surface area contributed by atoms with Gasteiger partial charge in [-0.05, 0) is 57.1 Å². The van der Waals surface area contributed by atoms with Crippen molar-refractivity contribution in [2.24, 2.45) is 5.41 Å². The maximum atomic E-state index is 14.2. The lowest BCUT2D eigenvalue weighted by molar-refractivity contribution is -0.139. The van der Waals surface area contributed by atoms with Gasteiger partial charge in [0.05, 0.1) is 17.2 Å². The highest BCUT2D eigenvalue weighted by atomic mass is 19.1. The standard InChI is InChI=1S/C20H27FN2O2/c21-17-4-1-2-5-18(17)22-12-3-10-20(14-22)11-13-23(19(20)25)15-6-8-16(24)9-7-15/h1-2,4-5,15-16,24H,3,6-14H2/t15-,16-,20?. The predicted octanol–water partition coefficient (Wildman–Crippen LogP) is 2.95. The topological polar surface area (TPSA) is 43.8 Å². The third kappa shape index (κ3) is 3.03. The number of rotatable bonds is 2. The van der Waals surface area contributed by atoms with Crippen LogP contribution < -0.4 is 4.90 Å². The van der Waals surface area contributed by atoms with Crippen molar-refractivity contribution < 1.29 is 14.3 Å². The Morgan fingerprint density at radius 2 is 1.84 bits per heavy atom. The number of piperidine rings is 1. The lowest BCUT2D eigenvalue weighted by Crippen LogP contribution is -2.50. The first-order valence-electron chi connectivity index (χ1n) is 9.58. The van der Waals surface area contributed by atoms with E-state index in [-0.39, 0.29) is 29.3 Å². The average Bonchev–Trinajstić information content (AvgIpc) is 2.92. The van der Waals surface area contributed by atoms with Crippen molar-refractivity contribution in [1.29, 1.82) is 0 Å². The van der Waals surface area contributed by atoms with Crippen LogP contribution in [0.5, 0.6) is 0 Å². The number of anilines is 1. The maximum absolute atomic E-state index is 14.2. The van der Waals surface area contributed by atoms with E-state index in [2.05, 4.69) is 9.80 Å². The average molecular weight is 346 g/mol. The van der Waals surface area contributed by atoms with Gasteiger partial charge in [-0.1, -0.05) is 12.1 Å². The molecular formula is C20H27FN2O2. The molecule has 0 radical (unpaired) electrons. The van der Waals surface area contributed by atoms with Crippen LogP contribution in [-0.2, 0) is 4.79 Å². The molecule has 1 N–H and O–H groups in total. The molecule has 136 valence electrons. The second kappa shape index (κ2) is 6.60. The van der Waals surface area contributed by atoms with Gasteiger partial charge in [-0.25, -0.2) is 4.39 Å². The molecule has 1 amide bonds. The first kappa shape index (κ1) is 16.8. The Balaban J connectivity index is 1.50. The maximum Gasteiger partial charge on any atom is 0.230 e. The van der Waals surface area contributed by atoms with Gasteiger partial charge in [0, 0.05) is 25.7 Å². The predicted molar refractivity (Wildman–Crippen MR) is 94.9 cm³/mol. The highest BCUT2D eigenvalue weighted by molar-refractivity contribution is 5.86. The van der Waals surface area contributed by atoms with E-state index in [4.69, 9.17) is 0 Å². The number of hydrogen-bond donors (Lipinski definition) is 1. The van der Waals surface area contributed by atoms with Gasteiger partial charge in [-0.15, -0.1) is 0 Å². The Bertz CT molecular complexity index is 644. The Kier molecular flexibility index (Phi) is 4.44. The van der Waals surface area contributed by atoms with Crippen LogP contribution in [0, 0.1) is 11.2 Å². The van der Waals surface area contributed by atoms with Gasteiger partial charge in [0.15, 0.2) is 0 Å². The summed E-state index contributed by atoms with van der Waals surface area (Å²) >= 11 is 0. The first-order chi connectivity index (χ1) is 12.1. The van der Waals surface area contributed by atoms with Crippen LogP contribution in [-0.4, -0.2) is 47.7 Å². The van der Waals surface area contributed by atoms with Crippen molar-refractivity contribution >= 4 is 11.6 Å². The molecule has 2 heterocycles. The molecule has 0 aromatic heterocycles. The summed E-state index contributed by atoms with van der Waals surface area (Å²) in [4.78, 5) is 17.4. The first-order valence-corrected chi connectivity index (χ1v) is 9.58. The summed E-state index contributed by atoms with van der Waals surface area (Å²) in [5.74, 6) is 0.0537. The molecule has 0 bridgehead atoms. The van der Waals surface area contributed by atoms with E-state index in [0.29, 0.717) is 12.2 Å². The molecule has 3 fully saturated rings. The summed E-state index contributed by atoms with van der Waals surface area (Å²) in [6.45, 7) is 2.24. The van der Waals surface area contributed by atoms with Crippen LogP contribution in [0.1, 0.15) is 44.9 Å². The van der Waals surface area contributed by atoms with Crippen molar-refractivity contribution in [3.8, 4) is 0 Å². The Morgan fingerprint density at radius 1 is 1.08 bits per heavy atom. The Hall–Kier alpha value is -1.62. The number of hydrogen-bond acceptors (Lipinski definition) is 3. The van der Waals surface area contributed by atoms with E-state index in [1.54, 1.807) is 6.07 Å². The molecule has 1 saturated carbocycles. The molecule has 1 unspecified atom stereocenters. The van der Waals surface area contributed by atoms with Gasteiger partial charge in [0.1, 0.15) is 5.82 Å². The minimum absolute atomic E-state index is 0.200. The number of para-hydroxylation sites is 1. The lowest BCUT2D eigenvalue weighted by Gasteiger charge is -2.41. The molecule has 1 atom stereocenters. The van der Waals surface area contributed by atoms with Gasteiger partial charge in [0.25, 0.3) is 0 Å². The second-order valence-corrected chi connectivity index (χ2v) is 7.97. The van der Waals surface area contributed by atoms with Gasteiger partial charge >= 0.3 is 0 Å². The fourth-order valence-electron chi connectivity index (χ4n) is 4.99. The zero-order valence-corrected chi connectivity index (χ0v) is 14.7. The molecule has 1 spiro atoms. The summed E-state index contributed by atoms with van der Waals surface area (Å²) < 4.78 is 14.2. The van der Waals surface area contributed by atoms with E-state index in [1.165, 1.54) is 6.07 Å². The fraction of sp³-hybridized carbons (Fsp3) is 0.650. The number of carbonyl (C=O) groups excluding carboxylic acids is 1. The normalized spacial score (nSPS) is 33.3. The number of likely N-dealkylation sites (tertiary alicyclic amines) is 1. The van der Waals surface area contributed by atoms with Crippen molar-refractivity contribution in [3.05, 3.63) is 30.1 Å². The van der Waals surface area contributed by atoms with Crippen LogP contribution in [0.15, 0.2) is 24.3 Å². The fourth-order valence-corrected chi connectivity index (χ4v) is 4.99. The van der Waals surface area contributed by atoms with E-state index in [9.17, 15) is 14.3 Å². The molecule has 4 nitrogen and oxygen atoms in total. The van der Waals surface area contributed by atoms with Crippen LogP contribution in [0.4, 0.5) is 10.1 Å². The van der Waals surface area contributed by atoms with Gasteiger partial charge in [-0.3, -0.25) is 4.79 Å². The van der Waals surface area contributed by atoms with Gasteiger partial charge in [0.2, 0.25) is 5.91 Å². The monoisotopic (exact) mass is 346 g/mol. The van der Waals surface area contributed by atoms with E-state index in [0.717, 1.165) is 58.0 Å². The number of aliphatic hydroxyl groups is 1. The summed E-state index contributed by atoms with van der Waals surface area (Å²) in [5, 5.41) is 9.72. The van der Waals surface area contributed by atoms with E-state index >= 15 is 0 Å². The zero-order chi connectivity index (χ0) is 17.4. The minimum atomic E-state index is -0.351. The highest BCUT2D eigenvalue weighted by Gasteiger charge is 2.50. The van der Waals surface area contributed by atoms with Crippen molar-refractivity contribution in [3.63, 3.8) is 0 Å². The van der Waals surface area contributed by atoms with Crippen LogP contribution in [0.3, 0.4) is 0 Å². The molecule has 4 rings (SSSR count). The van der Waals surface area contributed by atoms with E-state index < -0.39 is 0 Å². The summed E-state index contributed by atoms with van der Waals surface area (Å²) in [6.07, 6.45) is 5.90. The Labute approximate surface area is 148 Å². The molecule has 1 aromatic carbocycles. The number of nitrogens with zero attached hydrogens (tertiary/aromatic N) is 2. The molecular weight excluding hydrogens is 319 g/mol. The number of aliphatic hydroxyl groups excluding tert-OH is 1. The van der Waals surface area contributed by atoms with Crippen molar-refractivity contribution in [2.75, 3.05) is 24.5 Å². The second-order valence-electron chi connectivity index (χ2n) is 7.97. The minimum Gasteiger partial charge on any atom is -0.393 e. The van der Waals surface area contributed by atoms with Crippen molar-refractivity contribution in [1.82, 2.24) is 4.90 Å². The molecule has 1 aliphatic carbocycles. The van der Waals surface area contributed by atoms with Crippen LogP contribution >= 0.6 is 0 Å². The summed E-state index contributed by atoms with van der Waals surface area (Å²) in [7, 11) is 0. The third-order valence-corrected chi connectivity index (χ3v) is 6.42. The molecule has 1 aromatic rings. The molecule has 2 aliphatic heterocycles. The highest BCUT2D eigenvalue weighted by Crippen LogP contribution is 2.43. The molecule has 5 heteroatoms. The van der Waals surface area contributed by atoms with Crippen LogP contribution in [0.25, 0.3) is 0 Å². The van der Waals surface area contributed by atoms with Crippen LogP contribution in [0.2, 0.25) is 0 Å². The third-order valence-electron chi connectivity index (χ3n) is 6.42. The molecule has 3 aliphatic rings. The van der Waals surface area contributed by atoms with Gasteiger partial charge in [-0.2, -0.15) is 0 Å². The quantitative estimate of drug-likeness (QED) is 0.895. The SMILES string of the molecule is O=C1N([C@H]2CC[C@H](O)CC2)CCC12CCCN(c1ccccc1F)C2.